The smallest absolute Gasteiger partial charge is 0.256 e. The number of methoxy groups -OCH3 is 1. The van der Waals surface area contributed by atoms with E-state index in [0.717, 1.165) is 16.8 Å². The normalized spacial score (nSPS) is 10.8. The molecule has 1 amide bonds. The molecule has 0 bridgehead atoms. The van der Waals surface area contributed by atoms with Crippen molar-refractivity contribution < 1.29 is 9.53 Å². The molecular formula is C19H19N5O2. The Kier molecular flexibility index (Phi) is 4.98. The fourth-order valence-electron chi connectivity index (χ4n) is 2.43. The molecule has 132 valence electrons. The van der Waals surface area contributed by atoms with E-state index < -0.39 is 5.91 Å². The molecule has 7 heteroatoms. The van der Waals surface area contributed by atoms with Gasteiger partial charge in [-0.3, -0.25) is 9.89 Å². The lowest BCUT2D eigenvalue weighted by atomic mass is 10.2. The highest BCUT2D eigenvalue weighted by Crippen LogP contribution is 2.27. The lowest BCUT2D eigenvalue weighted by Gasteiger charge is -2.05. The molecule has 0 aliphatic carbocycles. The number of ether oxygens (including phenoxy) is 1. The molecule has 0 aliphatic heterocycles. The number of primary amides is 1. The van der Waals surface area contributed by atoms with Crippen LogP contribution in [0.5, 0.6) is 5.75 Å². The van der Waals surface area contributed by atoms with Crippen LogP contribution in [0.3, 0.4) is 0 Å². The molecular weight excluding hydrogens is 330 g/mol. The number of aromatic nitrogens is 2. The van der Waals surface area contributed by atoms with Crippen molar-refractivity contribution in [2.45, 2.75) is 6.92 Å². The molecule has 0 saturated carbocycles. The van der Waals surface area contributed by atoms with E-state index in [1.54, 1.807) is 13.3 Å². The fourth-order valence-corrected chi connectivity index (χ4v) is 2.43. The van der Waals surface area contributed by atoms with Crippen LogP contribution in [-0.2, 0) is 0 Å². The Morgan fingerprint density at radius 2 is 1.96 bits per heavy atom. The zero-order chi connectivity index (χ0) is 18.5. The summed E-state index contributed by atoms with van der Waals surface area (Å²) < 4.78 is 5.28. The van der Waals surface area contributed by atoms with E-state index in [1.807, 2.05) is 55.5 Å². The molecule has 1 heterocycles. The van der Waals surface area contributed by atoms with Crippen LogP contribution in [0, 0.1) is 6.92 Å². The maximum absolute atomic E-state index is 11.9. The number of para-hydroxylation sites is 1. The van der Waals surface area contributed by atoms with E-state index in [4.69, 9.17) is 10.5 Å². The number of amides is 1. The molecule has 2 aromatic carbocycles. The Balaban J connectivity index is 1.91. The van der Waals surface area contributed by atoms with Crippen LogP contribution in [0.4, 0.5) is 17.3 Å². The quantitative estimate of drug-likeness (QED) is 0.594. The topological polar surface area (TPSA) is 105 Å². The van der Waals surface area contributed by atoms with Crippen LogP contribution in [0.2, 0.25) is 0 Å². The Labute approximate surface area is 150 Å². The number of nitrogens with two attached hydrogens (primary N) is 1. The zero-order valence-electron chi connectivity index (χ0n) is 14.5. The number of nitrogens with zero attached hydrogens (tertiary/aromatic N) is 2. The zero-order valence-corrected chi connectivity index (χ0v) is 14.5. The van der Waals surface area contributed by atoms with Gasteiger partial charge in [-0.25, -0.2) is 4.99 Å². The molecule has 0 fully saturated rings. The van der Waals surface area contributed by atoms with Crippen molar-refractivity contribution in [2.75, 3.05) is 12.4 Å². The number of nitrogens with one attached hydrogen (secondary N) is 2. The average molecular weight is 349 g/mol. The first kappa shape index (κ1) is 17.2. The summed E-state index contributed by atoms with van der Waals surface area (Å²) in [5.41, 5.74) is 8.43. The number of benzene rings is 2. The van der Waals surface area contributed by atoms with Crippen LogP contribution in [-0.4, -0.2) is 29.4 Å². The second-order valence-electron chi connectivity index (χ2n) is 5.65. The molecule has 0 aliphatic rings. The van der Waals surface area contributed by atoms with Gasteiger partial charge in [0.25, 0.3) is 5.91 Å². The SMILES string of the molecule is COc1ccccc1C=Nc1n[nH]c(Nc2ccc(C)cc2)c1C(N)=O. The van der Waals surface area contributed by atoms with Crippen molar-refractivity contribution in [3.05, 3.63) is 65.2 Å². The average Bonchev–Trinajstić information content (AvgIpc) is 3.05. The molecule has 26 heavy (non-hydrogen) atoms. The van der Waals surface area contributed by atoms with Gasteiger partial charge in [0, 0.05) is 17.5 Å². The third-order valence-corrected chi connectivity index (χ3v) is 3.78. The van der Waals surface area contributed by atoms with Gasteiger partial charge in [0.1, 0.15) is 17.1 Å². The first-order valence-corrected chi connectivity index (χ1v) is 7.97. The summed E-state index contributed by atoms with van der Waals surface area (Å²) in [5, 5.41) is 9.98. The maximum atomic E-state index is 11.9. The van der Waals surface area contributed by atoms with E-state index in [1.165, 1.54) is 0 Å². The number of hydrogen-bond acceptors (Lipinski definition) is 5. The lowest BCUT2D eigenvalue weighted by molar-refractivity contribution is 0.100. The molecule has 3 rings (SSSR count). The number of aryl methyl sites for hydroxylation is 1. The summed E-state index contributed by atoms with van der Waals surface area (Å²) in [6.07, 6.45) is 1.58. The molecule has 7 nitrogen and oxygen atoms in total. The van der Waals surface area contributed by atoms with Gasteiger partial charge in [-0.2, -0.15) is 5.10 Å². The molecule has 1 aromatic heterocycles. The van der Waals surface area contributed by atoms with Crippen LogP contribution in [0.15, 0.2) is 53.5 Å². The van der Waals surface area contributed by atoms with Gasteiger partial charge >= 0.3 is 0 Å². The third-order valence-electron chi connectivity index (χ3n) is 3.78. The Morgan fingerprint density at radius 1 is 1.23 bits per heavy atom. The number of carbonyl (C=O) groups excluding carboxylic acids is 1. The van der Waals surface area contributed by atoms with Crippen molar-refractivity contribution in [3.8, 4) is 5.75 Å². The largest absolute Gasteiger partial charge is 0.496 e. The number of aromatic amines is 1. The summed E-state index contributed by atoms with van der Waals surface area (Å²) in [4.78, 5) is 16.2. The van der Waals surface area contributed by atoms with Crippen molar-refractivity contribution >= 4 is 29.4 Å². The van der Waals surface area contributed by atoms with E-state index in [-0.39, 0.29) is 11.4 Å². The van der Waals surface area contributed by atoms with Crippen molar-refractivity contribution in [1.82, 2.24) is 10.2 Å². The number of hydrogen-bond donors (Lipinski definition) is 3. The van der Waals surface area contributed by atoms with E-state index in [0.29, 0.717) is 11.6 Å². The van der Waals surface area contributed by atoms with Crippen molar-refractivity contribution in [2.24, 2.45) is 10.7 Å². The molecule has 0 saturated heterocycles. The Hall–Kier alpha value is -3.61. The summed E-state index contributed by atoms with van der Waals surface area (Å²) in [6, 6.07) is 15.1. The molecule has 3 aromatic rings. The van der Waals surface area contributed by atoms with Crippen LogP contribution < -0.4 is 15.8 Å². The maximum Gasteiger partial charge on any atom is 0.256 e. The monoisotopic (exact) mass is 349 g/mol. The van der Waals surface area contributed by atoms with Crippen LogP contribution >= 0.6 is 0 Å². The Morgan fingerprint density at radius 3 is 2.65 bits per heavy atom. The van der Waals surface area contributed by atoms with Gasteiger partial charge in [0.2, 0.25) is 0 Å². The first-order valence-electron chi connectivity index (χ1n) is 7.97. The number of aliphatic imine (C=N–C) groups is 1. The third kappa shape index (κ3) is 3.72. The van der Waals surface area contributed by atoms with Crippen molar-refractivity contribution in [1.29, 1.82) is 0 Å². The Bertz CT molecular complexity index is 945. The molecule has 4 N–H and O–H groups in total. The minimum atomic E-state index is -0.625. The van der Waals surface area contributed by atoms with Gasteiger partial charge in [0.05, 0.1) is 7.11 Å². The van der Waals surface area contributed by atoms with E-state index in [9.17, 15) is 4.79 Å². The summed E-state index contributed by atoms with van der Waals surface area (Å²) in [5.74, 6) is 0.650. The van der Waals surface area contributed by atoms with Gasteiger partial charge in [-0.1, -0.05) is 29.8 Å². The van der Waals surface area contributed by atoms with E-state index in [2.05, 4.69) is 20.5 Å². The van der Waals surface area contributed by atoms with Crippen LogP contribution in [0.1, 0.15) is 21.5 Å². The summed E-state index contributed by atoms with van der Waals surface area (Å²) in [6.45, 7) is 2.00. The minimum absolute atomic E-state index is 0.191. The second-order valence-corrected chi connectivity index (χ2v) is 5.65. The molecule has 0 atom stereocenters. The van der Waals surface area contributed by atoms with Gasteiger partial charge < -0.3 is 15.8 Å². The van der Waals surface area contributed by atoms with Gasteiger partial charge in [-0.15, -0.1) is 0 Å². The fraction of sp³-hybridized carbons (Fsp3) is 0.105. The van der Waals surface area contributed by atoms with Gasteiger partial charge in [-0.05, 0) is 31.2 Å². The standard InChI is InChI=1S/C19H19N5O2/c1-12-7-9-14(10-8-12)22-19-16(17(20)25)18(23-24-19)21-11-13-5-3-4-6-15(13)26-2/h3-11H,1-2H3,(H2,20,25)(H2,22,23,24). The number of H-pyrrole nitrogens is 1. The highest BCUT2D eigenvalue weighted by atomic mass is 16.5. The van der Waals surface area contributed by atoms with E-state index >= 15 is 0 Å². The second kappa shape index (κ2) is 7.52. The number of anilines is 2. The highest BCUT2D eigenvalue weighted by Gasteiger charge is 2.18. The summed E-state index contributed by atoms with van der Waals surface area (Å²) in [7, 11) is 1.58. The molecule has 0 radical (unpaired) electrons. The van der Waals surface area contributed by atoms with Crippen molar-refractivity contribution in [3.63, 3.8) is 0 Å². The molecule has 0 spiro atoms. The number of rotatable bonds is 6. The number of carbonyl (C=O) groups is 1. The predicted octanol–water partition coefficient (Wildman–Crippen LogP) is 3.32. The predicted molar refractivity (Wildman–Crippen MR) is 102 cm³/mol. The van der Waals surface area contributed by atoms with Crippen LogP contribution in [0.25, 0.3) is 0 Å². The summed E-state index contributed by atoms with van der Waals surface area (Å²) >= 11 is 0. The minimum Gasteiger partial charge on any atom is -0.496 e. The lowest BCUT2D eigenvalue weighted by Crippen LogP contribution is -2.12. The highest BCUT2D eigenvalue weighted by molar-refractivity contribution is 6.03. The molecule has 0 unspecified atom stereocenters. The first-order chi connectivity index (χ1) is 12.6. The van der Waals surface area contributed by atoms with Gasteiger partial charge in [0.15, 0.2) is 5.82 Å².